The molecule has 0 aromatic carbocycles. The van der Waals surface area contributed by atoms with Crippen molar-refractivity contribution in [2.45, 2.75) is 32.6 Å². The highest BCUT2D eigenvalue weighted by atomic mass is 15.3. The molecule has 0 radical (unpaired) electrons. The fourth-order valence-corrected chi connectivity index (χ4v) is 1.37. The zero-order valence-corrected chi connectivity index (χ0v) is 7.62. The van der Waals surface area contributed by atoms with Gasteiger partial charge in [0.25, 0.3) is 0 Å². The molecule has 0 amide bonds. The zero-order valence-electron chi connectivity index (χ0n) is 7.62. The molecule has 4 nitrogen and oxygen atoms in total. The number of imidazole rings is 1. The second-order valence-corrected chi connectivity index (χ2v) is 2.94. The van der Waals surface area contributed by atoms with Gasteiger partial charge in [-0.3, -0.25) is 0 Å². The van der Waals surface area contributed by atoms with E-state index in [1.165, 1.54) is 4.68 Å². The minimum absolute atomic E-state index is 0.440. The third-order valence-corrected chi connectivity index (χ3v) is 2.23. The van der Waals surface area contributed by atoms with Gasteiger partial charge in [-0.05, 0) is 12.8 Å². The Kier molecular flexibility index (Phi) is 2.58. The number of hydrogen-bond acceptors (Lipinski definition) is 3. The Bertz CT molecular complexity index is 250. The first kappa shape index (κ1) is 8.90. The van der Waals surface area contributed by atoms with Crippen molar-refractivity contribution < 1.29 is 0 Å². The Morgan fingerprint density at radius 1 is 1.50 bits per heavy atom. The fourth-order valence-electron chi connectivity index (χ4n) is 1.37. The molecular weight excluding hydrogens is 152 g/mol. The highest BCUT2D eigenvalue weighted by Gasteiger charge is 2.14. The Morgan fingerprint density at radius 2 is 2.08 bits per heavy atom. The molecule has 1 rings (SSSR count). The molecule has 0 spiro atoms. The molecule has 1 heterocycles. The van der Waals surface area contributed by atoms with Gasteiger partial charge in [0.05, 0.1) is 5.69 Å². The van der Waals surface area contributed by atoms with Crippen LogP contribution < -0.4 is 11.6 Å². The van der Waals surface area contributed by atoms with Crippen LogP contribution in [0, 0.1) is 0 Å². The number of nitrogens with two attached hydrogens (primary N) is 2. The summed E-state index contributed by atoms with van der Waals surface area (Å²) in [6, 6.07) is 0. The van der Waals surface area contributed by atoms with Crippen molar-refractivity contribution in [3.63, 3.8) is 0 Å². The fraction of sp³-hybridized carbons (Fsp3) is 0.625. The van der Waals surface area contributed by atoms with Crippen molar-refractivity contribution in [1.82, 2.24) is 9.66 Å². The maximum absolute atomic E-state index is 5.73. The molecule has 4 N–H and O–H groups in total. The van der Waals surface area contributed by atoms with Crippen molar-refractivity contribution in [2.24, 2.45) is 0 Å². The number of rotatable bonds is 3. The standard InChI is InChI=1S/C8H16N4/c1-3-6(4-2)7-8(9)12(10)5-11-7/h5-6H,3-4,9-10H2,1-2H3. The van der Waals surface area contributed by atoms with E-state index >= 15 is 0 Å². The topological polar surface area (TPSA) is 69.9 Å². The molecule has 0 fully saturated rings. The van der Waals surface area contributed by atoms with Gasteiger partial charge in [-0.2, -0.15) is 0 Å². The van der Waals surface area contributed by atoms with Crippen LogP contribution in [0.4, 0.5) is 5.82 Å². The minimum Gasteiger partial charge on any atom is -0.382 e. The zero-order chi connectivity index (χ0) is 9.14. The largest absolute Gasteiger partial charge is 0.382 e. The lowest BCUT2D eigenvalue weighted by molar-refractivity contribution is 0.628. The molecule has 4 heteroatoms. The van der Waals surface area contributed by atoms with E-state index in [-0.39, 0.29) is 0 Å². The van der Waals surface area contributed by atoms with Gasteiger partial charge in [0.1, 0.15) is 12.1 Å². The third kappa shape index (κ3) is 1.37. The van der Waals surface area contributed by atoms with Crippen LogP contribution in [0.1, 0.15) is 38.3 Å². The van der Waals surface area contributed by atoms with E-state index in [0.29, 0.717) is 11.7 Å². The monoisotopic (exact) mass is 168 g/mol. The van der Waals surface area contributed by atoms with Crippen LogP contribution in [0.3, 0.4) is 0 Å². The number of nitrogen functional groups attached to an aromatic ring is 2. The molecule has 0 aliphatic heterocycles. The molecule has 0 saturated carbocycles. The van der Waals surface area contributed by atoms with Crippen molar-refractivity contribution in [3.05, 3.63) is 12.0 Å². The van der Waals surface area contributed by atoms with E-state index in [0.717, 1.165) is 18.5 Å². The Labute approximate surface area is 72.5 Å². The average molecular weight is 168 g/mol. The van der Waals surface area contributed by atoms with Crippen LogP contribution in [0.2, 0.25) is 0 Å². The second kappa shape index (κ2) is 3.47. The van der Waals surface area contributed by atoms with Crippen LogP contribution in [0.5, 0.6) is 0 Å². The van der Waals surface area contributed by atoms with E-state index in [9.17, 15) is 0 Å². The summed E-state index contributed by atoms with van der Waals surface area (Å²) in [7, 11) is 0. The highest BCUT2D eigenvalue weighted by Crippen LogP contribution is 2.25. The summed E-state index contributed by atoms with van der Waals surface area (Å²) in [5, 5.41) is 0. The highest BCUT2D eigenvalue weighted by molar-refractivity contribution is 5.38. The van der Waals surface area contributed by atoms with Crippen molar-refractivity contribution in [2.75, 3.05) is 11.6 Å². The number of nitrogens with zero attached hydrogens (tertiary/aromatic N) is 2. The lowest BCUT2D eigenvalue weighted by atomic mass is 10.00. The summed E-state index contributed by atoms with van der Waals surface area (Å²) >= 11 is 0. The molecule has 0 aliphatic carbocycles. The van der Waals surface area contributed by atoms with Crippen LogP contribution in [0.25, 0.3) is 0 Å². The molecule has 0 bridgehead atoms. The summed E-state index contributed by atoms with van der Waals surface area (Å²) < 4.78 is 1.37. The van der Waals surface area contributed by atoms with Gasteiger partial charge in [0.15, 0.2) is 0 Å². The molecular formula is C8H16N4. The van der Waals surface area contributed by atoms with Crippen molar-refractivity contribution in [1.29, 1.82) is 0 Å². The molecule has 1 aromatic rings. The van der Waals surface area contributed by atoms with E-state index < -0.39 is 0 Å². The molecule has 1 aromatic heterocycles. The first-order valence-corrected chi connectivity index (χ1v) is 4.28. The maximum Gasteiger partial charge on any atom is 0.145 e. The number of hydrogen-bond donors (Lipinski definition) is 2. The van der Waals surface area contributed by atoms with Crippen LogP contribution in [-0.2, 0) is 0 Å². The molecule has 68 valence electrons. The van der Waals surface area contributed by atoms with Gasteiger partial charge in [0, 0.05) is 5.92 Å². The number of aromatic nitrogens is 2. The summed E-state index contributed by atoms with van der Waals surface area (Å²) in [6.07, 6.45) is 3.67. The minimum atomic E-state index is 0.440. The molecule has 0 unspecified atom stereocenters. The van der Waals surface area contributed by atoms with E-state index in [2.05, 4.69) is 18.8 Å². The number of anilines is 1. The summed E-state index contributed by atoms with van der Waals surface area (Å²) in [6.45, 7) is 4.26. The van der Waals surface area contributed by atoms with Gasteiger partial charge in [0.2, 0.25) is 0 Å². The Balaban J connectivity index is 2.93. The summed E-state index contributed by atoms with van der Waals surface area (Å²) in [5.74, 6) is 6.54. The Hall–Kier alpha value is -1.19. The smallest absolute Gasteiger partial charge is 0.145 e. The predicted molar refractivity (Wildman–Crippen MR) is 50.1 cm³/mol. The lowest BCUT2D eigenvalue weighted by Gasteiger charge is -2.09. The molecule has 12 heavy (non-hydrogen) atoms. The van der Waals surface area contributed by atoms with E-state index in [1.807, 2.05) is 0 Å². The first-order chi connectivity index (χ1) is 5.70. The van der Waals surface area contributed by atoms with Gasteiger partial charge >= 0.3 is 0 Å². The summed E-state index contributed by atoms with van der Waals surface area (Å²) in [5.41, 5.74) is 6.66. The molecule has 0 aliphatic rings. The van der Waals surface area contributed by atoms with E-state index in [1.54, 1.807) is 6.33 Å². The average Bonchev–Trinajstić information content (AvgIpc) is 2.38. The van der Waals surface area contributed by atoms with Crippen molar-refractivity contribution >= 4 is 5.82 Å². The predicted octanol–water partition coefficient (Wildman–Crippen LogP) is 1.08. The normalized spacial score (nSPS) is 10.9. The third-order valence-electron chi connectivity index (χ3n) is 2.23. The van der Waals surface area contributed by atoms with Gasteiger partial charge < -0.3 is 11.6 Å². The van der Waals surface area contributed by atoms with Crippen molar-refractivity contribution in [3.8, 4) is 0 Å². The van der Waals surface area contributed by atoms with E-state index in [4.69, 9.17) is 11.6 Å². The van der Waals surface area contributed by atoms with Gasteiger partial charge in [-0.25, -0.2) is 9.66 Å². The first-order valence-electron chi connectivity index (χ1n) is 4.28. The second-order valence-electron chi connectivity index (χ2n) is 2.94. The van der Waals surface area contributed by atoms with Gasteiger partial charge in [-0.1, -0.05) is 13.8 Å². The molecule has 0 atom stereocenters. The van der Waals surface area contributed by atoms with Crippen LogP contribution >= 0.6 is 0 Å². The maximum atomic E-state index is 5.73. The summed E-state index contributed by atoms with van der Waals surface area (Å²) in [4.78, 5) is 4.17. The quantitative estimate of drug-likeness (QED) is 0.663. The lowest BCUT2D eigenvalue weighted by Crippen LogP contribution is -2.11. The Morgan fingerprint density at radius 3 is 2.42 bits per heavy atom. The van der Waals surface area contributed by atoms with Gasteiger partial charge in [-0.15, -0.1) is 0 Å². The SMILES string of the molecule is CCC(CC)c1ncn(N)c1N. The molecule has 0 saturated heterocycles. The van der Waals surface area contributed by atoms with Crippen LogP contribution in [-0.4, -0.2) is 9.66 Å². The van der Waals surface area contributed by atoms with Crippen LogP contribution in [0.15, 0.2) is 6.33 Å².